The van der Waals surface area contributed by atoms with Crippen molar-refractivity contribution < 1.29 is 23.1 Å². The van der Waals surface area contributed by atoms with Gasteiger partial charge in [0.25, 0.3) is 0 Å². The van der Waals surface area contributed by atoms with Crippen molar-refractivity contribution >= 4 is 43.8 Å². The average molecular weight is 431 g/mol. The first-order valence-corrected chi connectivity index (χ1v) is 10.1. The van der Waals surface area contributed by atoms with E-state index < -0.39 is 5.85 Å². The fourth-order valence-electron chi connectivity index (χ4n) is 1.73. The van der Waals surface area contributed by atoms with E-state index in [1.54, 1.807) is 31.3 Å². The summed E-state index contributed by atoms with van der Waals surface area (Å²) in [6, 6.07) is 15.4. The molecular formula is C18H20F2NO3PS2. The van der Waals surface area contributed by atoms with E-state index in [4.69, 9.17) is 0 Å². The Balaban J connectivity index is 0.000000271. The lowest BCUT2D eigenvalue weighted by molar-refractivity contribution is -0.109. The van der Waals surface area contributed by atoms with Crippen LogP contribution in [0.2, 0.25) is 0 Å². The van der Waals surface area contributed by atoms with Crippen LogP contribution in [-0.2, 0) is 4.79 Å². The summed E-state index contributed by atoms with van der Waals surface area (Å²) in [5.74, 6) is -2.83. The van der Waals surface area contributed by atoms with Gasteiger partial charge in [-0.3, -0.25) is 14.3 Å². The first kappa shape index (κ1) is 23.6. The van der Waals surface area contributed by atoms with Crippen LogP contribution in [0.5, 0.6) is 5.75 Å². The third-order valence-corrected chi connectivity index (χ3v) is 4.44. The molecule has 0 aliphatic rings. The third kappa shape index (κ3) is 11.1. The number of hydrogen-bond donors (Lipinski definition) is 1. The lowest BCUT2D eigenvalue weighted by Gasteiger charge is -2.12. The Kier molecular flexibility index (Phi) is 10.5. The summed E-state index contributed by atoms with van der Waals surface area (Å²) in [5, 5.41) is -0.0238. The third-order valence-electron chi connectivity index (χ3n) is 2.80. The zero-order valence-electron chi connectivity index (χ0n) is 14.8. The molecule has 27 heavy (non-hydrogen) atoms. The topological polar surface area (TPSA) is 55.4 Å². The normalized spacial score (nSPS) is 10.6. The van der Waals surface area contributed by atoms with Gasteiger partial charge >= 0.3 is 5.85 Å². The Hall–Kier alpha value is -1.47. The molecule has 2 aromatic carbocycles. The Morgan fingerprint density at radius 2 is 1.70 bits per heavy atom. The molecule has 2 aromatic rings. The summed E-state index contributed by atoms with van der Waals surface area (Å²) in [6.45, 7) is 1.46. The Labute approximate surface area is 168 Å². The largest absolute Gasteiger partial charge is 0.430 e. The maximum Gasteiger partial charge on any atom is 0.408 e. The van der Waals surface area contributed by atoms with E-state index in [0.717, 1.165) is 16.7 Å². The number of hydrogen-bond acceptors (Lipinski definition) is 6. The molecular weight excluding hydrogens is 411 g/mol. The number of ketones is 1. The van der Waals surface area contributed by atoms with Crippen LogP contribution in [0.25, 0.3) is 0 Å². The summed E-state index contributed by atoms with van der Waals surface area (Å²) in [5.41, 5.74) is 0.663. The molecule has 0 aromatic heterocycles. The lowest BCUT2D eigenvalue weighted by Crippen LogP contribution is -2.14. The predicted molar refractivity (Wildman–Crippen MR) is 111 cm³/mol. The van der Waals surface area contributed by atoms with E-state index in [-0.39, 0.29) is 22.4 Å². The molecule has 0 radical (unpaired) electrons. The van der Waals surface area contributed by atoms with Crippen molar-refractivity contribution in [2.75, 3.05) is 12.8 Å². The quantitative estimate of drug-likeness (QED) is 0.384. The summed E-state index contributed by atoms with van der Waals surface area (Å²) in [7, 11) is 3.11. The number of carbonyl (C=O) groups excluding carboxylic acids is 2. The molecule has 4 nitrogen and oxygen atoms in total. The van der Waals surface area contributed by atoms with Gasteiger partial charge in [-0.2, -0.15) is 8.78 Å². The molecule has 0 fully saturated rings. The number of nitrogens with one attached hydrogen (secondary N) is 1. The summed E-state index contributed by atoms with van der Waals surface area (Å²) in [4.78, 5) is 22.9. The molecule has 0 aliphatic heterocycles. The van der Waals surface area contributed by atoms with Gasteiger partial charge in [-0.25, -0.2) is 0 Å². The monoisotopic (exact) mass is 431 g/mol. The van der Waals surface area contributed by atoms with Crippen LogP contribution in [0.1, 0.15) is 17.3 Å². The van der Waals surface area contributed by atoms with E-state index in [1.165, 1.54) is 40.2 Å². The van der Waals surface area contributed by atoms with Crippen LogP contribution in [0.3, 0.4) is 0 Å². The highest BCUT2D eigenvalue weighted by Crippen LogP contribution is 2.28. The number of ether oxygens (including phenoxy) is 1. The Morgan fingerprint density at radius 1 is 1.11 bits per heavy atom. The molecule has 0 spiro atoms. The number of alkyl halides is 2. The van der Waals surface area contributed by atoms with E-state index in [0.29, 0.717) is 5.56 Å². The van der Waals surface area contributed by atoms with Crippen LogP contribution in [0.4, 0.5) is 8.78 Å². The molecule has 146 valence electrons. The highest BCUT2D eigenvalue weighted by Gasteiger charge is 2.23. The molecule has 9 heteroatoms. The van der Waals surface area contributed by atoms with Crippen LogP contribution in [0.15, 0.2) is 59.5 Å². The molecule has 0 heterocycles. The number of carbonyl (C=O) groups is 2. The maximum absolute atomic E-state index is 12.4. The number of halogens is 2. The average Bonchev–Trinajstić information content (AvgIpc) is 2.61. The first-order valence-electron chi connectivity index (χ1n) is 7.72. The van der Waals surface area contributed by atoms with Gasteiger partial charge in [0.05, 0.1) is 5.75 Å². The zero-order valence-corrected chi connectivity index (χ0v) is 17.6. The van der Waals surface area contributed by atoms with Crippen molar-refractivity contribution in [2.45, 2.75) is 17.7 Å². The fraction of sp³-hybridized carbons (Fsp3) is 0.222. The molecule has 1 unspecified atom stereocenters. The van der Waals surface area contributed by atoms with Gasteiger partial charge in [-0.1, -0.05) is 42.1 Å². The smallest absolute Gasteiger partial charge is 0.408 e. The number of rotatable bonds is 7. The summed E-state index contributed by atoms with van der Waals surface area (Å²) < 4.78 is 32.0. The number of thioether (sulfide) groups is 1. The van der Waals surface area contributed by atoms with Crippen molar-refractivity contribution in [3.05, 3.63) is 60.2 Å². The fourth-order valence-corrected chi connectivity index (χ4v) is 2.87. The van der Waals surface area contributed by atoms with Crippen molar-refractivity contribution in [1.82, 2.24) is 4.72 Å². The minimum atomic E-state index is -3.21. The standard InChI is InChI=1S/C10H10O2S.C8H10F2NOPS/c1-8(11)13-7-10(12)9-5-3-2-4-6-9;1-11-14-7-4-2-6(3-5-7)12-8(9,10)13/h2-6H,7H2,1H3;2-5,11H,13H2,1H3. The maximum atomic E-state index is 12.4. The van der Waals surface area contributed by atoms with E-state index in [9.17, 15) is 18.4 Å². The second-order valence-electron chi connectivity index (χ2n) is 5.01. The summed E-state index contributed by atoms with van der Waals surface area (Å²) >= 11 is 2.45. The van der Waals surface area contributed by atoms with E-state index in [1.807, 2.05) is 18.2 Å². The van der Waals surface area contributed by atoms with Gasteiger partial charge in [0.15, 0.2) is 10.9 Å². The van der Waals surface area contributed by atoms with Gasteiger partial charge in [0.2, 0.25) is 0 Å². The summed E-state index contributed by atoms with van der Waals surface area (Å²) in [6.07, 6.45) is 0. The van der Waals surface area contributed by atoms with Gasteiger partial charge in [0.1, 0.15) is 5.75 Å². The van der Waals surface area contributed by atoms with Gasteiger partial charge in [-0.05, 0) is 52.5 Å². The molecule has 0 saturated heterocycles. The molecule has 1 N–H and O–H groups in total. The number of benzene rings is 2. The second kappa shape index (κ2) is 12.1. The van der Waals surface area contributed by atoms with Crippen LogP contribution in [0, 0.1) is 0 Å². The zero-order chi connectivity index (χ0) is 20.3. The highest BCUT2D eigenvalue weighted by atomic mass is 32.2. The van der Waals surface area contributed by atoms with Gasteiger partial charge in [-0.15, -0.1) is 0 Å². The number of Topliss-reactive ketones (excluding diaryl/α,β-unsaturated/α-hetero) is 1. The Morgan fingerprint density at radius 3 is 2.19 bits per heavy atom. The van der Waals surface area contributed by atoms with Crippen molar-refractivity contribution in [3.63, 3.8) is 0 Å². The molecule has 2 rings (SSSR count). The van der Waals surface area contributed by atoms with Crippen molar-refractivity contribution in [1.29, 1.82) is 0 Å². The first-order chi connectivity index (χ1) is 12.7. The predicted octanol–water partition coefficient (Wildman–Crippen LogP) is 4.87. The SMILES string of the molecule is CC(=O)SCC(=O)c1ccccc1.CNSc1ccc(OC(F)(F)P)cc1. The second-order valence-corrected chi connectivity index (χ2v) is 7.92. The highest BCUT2D eigenvalue weighted by molar-refractivity contribution is 8.14. The molecule has 0 amide bonds. The van der Waals surface area contributed by atoms with E-state index in [2.05, 4.69) is 9.46 Å². The van der Waals surface area contributed by atoms with Crippen molar-refractivity contribution in [3.8, 4) is 5.75 Å². The Bertz CT molecular complexity index is 726. The molecule has 1 atom stereocenters. The van der Waals surface area contributed by atoms with Crippen LogP contribution < -0.4 is 9.46 Å². The lowest BCUT2D eigenvalue weighted by atomic mass is 10.2. The van der Waals surface area contributed by atoms with Crippen LogP contribution >= 0.6 is 32.9 Å². The molecule has 0 saturated carbocycles. The minimum absolute atomic E-state index is 0.000741. The van der Waals surface area contributed by atoms with Gasteiger partial charge in [0, 0.05) is 17.4 Å². The van der Waals surface area contributed by atoms with Crippen molar-refractivity contribution in [2.24, 2.45) is 0 Å². The van der Waals surface area contributed by atoms with Gasteiger partial charge < -0.3 is 4.74 Å². The molecule has 0 bridgehead atoms. The van der Waals surface area contributed by atoms with Crippen LogP contribution in [-0.4, -0.2) is 29.5 Å². The van der Waals surface area contributed by atoms with E-state index >= 15 is 0 Å². The molecule has 0 aliphatic carbocycles. The minimum Gasteiger partial charge on any atom is -0.430 e.